The van der Waals surface area contributed by atoms with Gasteiger partial charge in [-0.1, -0.05) is 39.2 Å². The number of carbonyl (C=O) groups is 6. The minimum atomic E-state index is -0.914. The fourth-order valence-electron chi connectivity index (χ4n) is 8.34. The quantitative estimate of drug-likeness (QED) is 0.230. The molecule has 6 aliphatic rings. The number of rotatable bonds is 8. The summed E-state index contributed by atoms with van der Waals surface area (Å²) in [5.41, 5.74) is 0.478. The van der Waals surface area contributed by atoms with E-state index in [9.17, 15) is 28.8 Å². The predicted octanol–water partition coefficient (Wildman–Crippen LogP) is 3.04. The fourth-order valence-corrected chi connectivity index (χ4v) is 8.34. The van der Waals surface area contributed by atoms with Gasteiger partial charge in [0.2, 0.25) is 0 Å². The van der Waals surface area contributed by atoms with Crippen molar-refractivity contribution in [3.8, 4) is 0 Å². The average Bonchev–Trinajstić information content (AvgIpc) is 3.66. The van der Waals surface area contributed by atoms with Crippen molar-refractivity contribution in [2.45, 2.75) is 70.4 Å². The summed E-state index contributed by atoms with van der Waals surface area (Å²) in [6.45, 7) is 11.8. The molecule has 10 heteroatoms. The predicted molar refractivity (Wildman–Crippen MR) is 153 cm³/mol. The lowest BCUT2D eigenvalue weighted by atomic mass is 9.79. The maximum absolute atomic E-state index is 13.0. The first-order chi connectivity index (χ1) is 21.0. The van der Waals surface area contributed by atoms with E-state index in [1.807, 2.05) is 26.0 Å². The van der Waals surface area contributed by atoms with E-state index < -0.39 is 66.0 Å². The van der Waals surface area contributed by atoms with Crippen molar-refractivity contribution < 1.29 is 47.7 Å². The van der Waals surface area contributed by atoms with E-state index in [-0.39, 0.29) is 78.0 Å². The largest absolute Gasteiger partial charge is 0.461 e. The molecule has 2 aliphatic heterocycles. The second kappa shape index (κ2) is 11.7. The third-order valence-electron chi connectivity index (χ3n) is 10.6. The monoisotopic (exact) mass is 606 g/mol. The van der Waals surface area contributed by atoms with Gasteiger partial charge in [-0.3, -0.25) is 19.2 Å². The molecule has 234 valence electrons. The van der Waals surface area contributed by atoms with Crippen molar-refractivity contribution in [1.82, 2.24) is 0 Å². The molecule has 0 N–H and O–H groups in total. The zero-order valence-corrected chi connectivity index (χ0v) is 25.0. The normalized spacial score (nSPS) is 40.5. The zero-order chi connectivity index (χ0) is 31.4. The highest BCUT2D eigenvalue weighted by molar-refractivity contribution is 5.97. The van der Waals surface area contributed by atoms with Crippen LogP contribution in [0.15, 0.2) is 48.6 Å². The summed E-state index contributed by atoms with van der Waals surface area (Å²) < 4.78 is 23.1. The van der Waals surface area contributed by atoms with Crippen molar-refractivity contribution in [2.75, 3.05) is 6.61 Å². The maximum Gasteiger partial charge on any atom is 0.334 e. The van der Waals surface area contributed by atoms with Gasteiger partial charge in [-0.05, 0) is 48.7 Å². The highest BCUT2D eigenvalue weighted by Gasteiger charge is 2.56. The van der Waals surface area contributed by atoms with Crippen LogP contribution in [0.4, 0.5) is 0 Å². The number of ketones is 3. The summed E-state index contributed by atoms with van der Waals surface area (Å²) in [5.74, 6) is -4.45. The molecule has 2 saturated heterocycles. The molecular weight excluding hydrogens is 568 g/mol. The summed E-state index contributed by atoms with van der Waals surface area (Å²) >= 11 is 0. The smallest absolute Gasteiger partial charge is 0.334 e. The van der Waals surface area contributed by atoms with Gasteiger partial charge in [0.1, 0.15) is 24.1 Å². The molecule has 0 aromatic heterocycles. The molecule has 4 fully saturated rings. The highest BCUT2D eigenvalue weighted by atomic mass is 16.6. The lowest BCUT2D eigenvalue weighted by molar-refractivity contribution is -0.158. The Morgan fingerprint density at radius 2 is 1.25 bits per heavy atom. The first-order valence-electron chi connectivity index (χ1n) is 15.5. The molecule has 0 bridgehead atoms. The van der Waals surface area contributed by atoms with E-state index in [1.165, 1.54) is 6.08 Å². The molecule has 2 unspecified atom stereocenters. The Hall–Kier alpha value is -3.66. The van der Waals surface area contributed by atoms with E-state index in [4.69, 9.17) is 18.9 Å². The third-order valence-corrected chi connectivity index (χ3v) is 10.6. The maximum atomic E-state index is 13.0. The van der Waals surface area contributed by atoms with Crippen LogP contribution < -0.4 is 0 Å². The van der Waals surface area contributed by atoms with Crippen molar-refractivity contribution >= 4 is 35.3 Å². The minimum absolute atomic E-state index is 0.00157. The Morgan fingerprint density at radius 3 is 1.80 bits per heavy atom. The summed E-state index contributed by atoms with van der Waals surface area (Å²) in [7, 11) is 0. The number of ether oxygens (including phenoxy) is 4. The van der Waals surface area contributed by atoms with Crippen LogP contribution in [0.5, 0.6) is 0 Å². The Kier molecular flexibility index (Phi) is 8.07. The Bertz CT molecular complexity index is 1390. The summed E-state index contributed by atoms with van der Waals surface area (Å²) in [5, 5.41) is 0. The first-order valence-corrected chi connectivity index (χ1v) is 15.5. The molecule has 0 radical (unpaired) electrons. The van der Waals surface area contributed by atoms with Crippen LogP contribution in [0.2, 0.25) is 0 Å². The van der Waals surface area contributed by atoms with Gasteiger partial charge >= 0.3 is 17.9 Å². The standard InChI is InChI=1S/C34H38O10/c1-15-13-24-27(17(3)33(39)42-24)31(29-20(15)6-8-22(29)36)41-12-11-19(35)5-10-26(38)44-32-28-18(4)34(40)43-25(28)14-16(2)21-7-9-23(37)30(21)32/h6-9,15-16,20-21,24-25,27-32H,3-5,10-14H2,1-2H3/t15-,16-,20?,21?,24-,25-,27-,28-,29+,30+,31+,32+/m1/s1. The molecule has 0 aromatic rings. The number of carbonyl (C=O) groups excluding carboxylic acids is 6. The SMILES string of the molecule is C=C1C(=O)O[C@@H]2C[C@@H](C)C3C=CC(=O)[C@H]3[C@@H](OCCC(=O)CCC(=O)O[C@H]3[C@@H]4C(=C)C(=O)O[C@@H]4C[C@@H](C)C4C=CC(=O)[C@H]43)[C@H]12. The number of Topliss-reactive ketones (excluding diaryl/α,β-unsaturated/α-hetero) is 1. The fraction of sp³-hybridized carbons (Fsp3) is 0.588. The number of esters is 3. The molecule has 0 aromatic carbocycles. The van der Waals surface area contributed by atoms with Gasteiger partial charge in [0, 0.05) is 24.0 Å². The third kappa shape index (κ3) is 5.21. The van der Waals surface area contributed by atoms with E-state index in [2.05, 4.69) is 13.2 Å². The van der Waals surface area contributed by atoms with Gasteiger partial charge in [0.15, 0.2) is 11.6 Å². The van der Waals surface area contributed by atoms with Crippen LogP contribution in [0.1, 0.15) is 46.0 Å². The van der Waals surface area contributed by atoms with Crippen LogP contribution in [0.3, 0.4) is 0 Å². The lowest BCUT2D eigenvalue weighted by Crippen LogP contribution is -2.41. The van der Waals surface area contributed by atoms with Crippen LogP contribution in [0.25, 0.3) is 0 Å². The van der Waals surface area contributed by atoms with Gasteiger partial charge in [-0.15, -0.1) is 0 Å². The Morgan fingerprint density at radius 1 is 0.750 bits per heavy atom. The molecule has 0 spiro atoms. The molecular formula is C34H38O10. The number of fused-ring (bicyclic) bond motifs is 4. The second-order valence-corrected chi connectivity index (χ2v) is 13.2. The summed E-state index contributed by atoms with van der Waals surface area (Å²) in [6, 6.07) is 0. The van der Waals surface area contributed by atoms with E-state index in [0.717, 1.165) is 0 Å². The summed E-state index contributed by atoms with van der Waals surface area (Å²) in [6.07, 6.45) is 5.07. The molecule has 10 nitrogen and oxygen atoms in total. The number of allylic oxidation sites excluding steroid dienone is 4. The molecule has 2 heterocycles. The summed E-state index contributed by atoms with van der Waals surface area (Å²) in [4.78, 5) is 76.3. The number of hydrogen-bond donors (Lipinski definition) is 0. The van der Waals surface area contributed by atoms with Crippen molar-refractivity contribution in [3.63, 3.8) is 0 Å². The molecule has 6 rings (SSSR count). The van der Waals surface area contributed by atoms with Crippen LogP contribution in [-0.4, -0.2) is 66.3 Å². The lowest BCUT2D eigenvalue weighted by Gasteiger charge is -2.31. The van der Waals surface area contributed by atoms with Crippen molar-refractivity contribution in [2.24, 2.45) is 47.3 Å². The Labute approximate surface area is 255 Å². The van der Waals surface area contributed by atoms with E-state index in [1.54, 1.807) is 6.08 Å². The van der Waals surface area contributed by atoms with Crippen LogP contribution in [0, 0.1) is 47.3 Å². The van der Waals surface area contributed by atoms with Crippen molar-refractivity contribution in [3.05, 3.63) is 48.6 Å². The topological polar surface area (TPSA) is 139 Å². The van der Waals surface area contributed by atoms with E-state index in [0.29, 0.717) is 12.8 Å². The van der Waals surface area contributed by atoms with Gasteiger partial charge < -0.3 is 18.9 Å². The van der Waals surface area contributed by atoms with Crippen LogP contribution in [-0.2, 0) is 47.7 Å². The number of hydrogen-bond acceptors (Lipinski definition) is 10. The molecule has 2 saturated carbocycles. The van der Waals surface area contributed by atoms with Crippen LogP contribution >= 0.6 is 0 Å². The van der Waals surface area contributed by atoms with Gasteiger partial charge in [-0.25, -0.2) is 9.59 Å². The molecule has 44 heavy (non-hydrogen) atoms. The first kappa shape index (κ1) is 30.4. The molecule has 12 atom stereocenters. The van der Waals surface area contributed by atoms with E-state index >= 15 is 0 Å². The zero-order valence-electron chi connectivity index (χ0n) is 25.0. The van der Waals surface area contributed by atoms with Gasteiger partial charge in [0.25, 0.3) is 0 Å². The van der Waals surface area contributed by atoms with Gasteiger partial charge in [-0.2, -0.15) is 0 Å². The van der Waals surface area contributed by atoms with Crippen molar-refractivity contribution in [1.29, 1.82) is 0 Å². The highest BCUT2D eigenvalue weighted by Crippen LogP contribution is 2.49. The second-order valence-electron chi connectivity index (χ2n) is 13.2. The Balaban J connectivity index is 1.06. The molecule has 4 aliphatic carbocycles. The minimum Gasteiger partial charge on any atom is -0.461 e. The molecule has 0 amide bonds. The van der Waals surface area contributed by atoms with Gasteiger partial charge in [0.05, 0.1) is 42.8 Å². The average molecular weight is 607 g/mol.